The predicted molar refractivity (Wildman–Crippen MR) is 148 cm³/mol. The van der Waals surface area contributed by atoms with Crippen LogP contribution in [-0.4, -0.2) is 48.2 Å². The average molecular weight is 524 g/mol. The number of ether oxygens (including phenoxy) is 1. The van der Waals surface area contributed by atoms with E-state index < -0.39 is 0 Å². The molecule has 3 nitrogen and oxygen atoms in total. The van der Waals surface area contributed by atoms with Gasteiger partial charge in [0.05, 0.1) is 6.67 Å². The summed E-state index contributed by atoms with van der Waals surface area (Å²) in [7, 11) is 0. The highest BCUT2D eigenvalue weighted by atomic mass is 35.5. The highest BCUT2D eigenvalue weighted by Crippen LogP contribution is 2.45. The van der Waals surface area contributed by atoms with Gasteiger partial charge in [0.25, 0.3) is 0 Å². The van der Waals surface area contributed by atoms with Crippen molar-refractivity contribution in [1.82, 2.24) is 4.90 Å². The third kappa shape index (κ3) is 5.44. The van der Waals surface area contributed by atoms with Gasteiger partial charge in [0.2, 0.25) is 0 Å². The van der Waals surface area contributed by atoms with E-state index in [1.165, 1.54) is 5.57 Å². The first-order valence-corrected chi connectivity index (χ1v) is 13.9. The van der Waals surface area contributed by atoms with E-state index in [0.29, 0.717) is 6.42 Å². The van der Waals surface area contributed by atoms with E-state index in [2.05, 4.69) is 30.0 Å². The summed E-state index contributed by atoms with van der Waals surface area (Å²) in [6, 6.07) is 20.0. The standard InChI is InChI=1S/C30H31ClFNO2S/c1-20-25(4-2-5-28(20)31)26-13-17-36-29-11-8-22(34)18-27(29)30(26)21-6-9-23(10-7-21)35-24-12-16-33(19-24)15-3-14-32/h2,4-11,18,24,34H,3,12-17,19H2,1H3/t24-/m0/s1. The molecule has 5 rings (SSSR count). The van der Waals surface area contributed by atoms with Crippen LogP contribution in [0.15, 0.2) is 65.6 Å². The highest BCUT2D eigenvalue weighted by molar-refractivity contribution is 7.99. The lowest BCUT2D eigenvalue weighted by atomic mass is 9.86. The van der Waals surface area contributed by atoms with Gasteiger partial charge in [-0.3, -0.25) is 9.29 Å². The van der Waals surface area contributed by atoms with Crippen molar-refractivity contribution in [2.45, 2.75) is 37.2 Å². The maximum Gasteiger partial charge on any atom is 0.119 e. The molecule has 1 N–H and O–H groups in total. The predicted octanol–water partition coefficient (Wildman–Crippen LogP) is 7.62. The minimum absolute atomic E-state index is 0.131. The molecule has 2 aliphatic heterocycles. The van der Waals surface area contributed by atoms with Crippen molar-refractivity contribution in [3.8, 4) is 11.5 Å². The zero-order chi connectivity index (χ0) is 25.1. The van der Waals surface area contributed by atoms with E-state index in [1.54, 1.807) is 6.07 Å². The quantitative estimate of drug-likeness (QED) is 0.345. The van der Waals surface area contributed by atoms with E-state index in [0.717, 1.165) is 81.7 Å². The third-order valence-electron chi connectivity index (χ3n) is 7.02. The number of thioether (sulfide) groups is 1. The smallest absolute Gasteiger partial charge is 0.119 e. The number of benzene rings is 3. The molecule has 0 spiro atoms. The molecule has 0 saturated carbocycles. The van der Waals surface area contributed by atoms with Crippen molar-refractivity contribution in [3.05, 3.63) is 87.9 Å². The number of alkyl halides is 1. The Labute approximate surface area is 221 Å². The topological polar surface area (TPSA) is 32.7 Å². The Balaban J connectivity index is 1.50. The van der Waals surface area contributed by atoms with Crippen LogP contribution in [0.4, 0.5) is 4.39 Å². The van der Waals surface area contributed by atoms with Gasteiger partial charge < -0.3 is 9.84 Å². The van der Waals surface area contributed by atoms with Crippen molar-refractivity contribution in [2.24, 2.45) is 0 Å². The van der Waals surface area contributed by atoms with Crippen LogP contribution in [0.2, 0.25) is 5.02 Å². The lowest BCUT2D eigenvalue weighted by molar-refractivity contribution is 0.198. The van der Waals surface area contributed by atoms with Crippen molar-refractivity contribution < 1.29 is 14.2 Å². The van der Waals surface area contributed by atoms with Crippen LogP contribution in [0.1, 0.15) is 41.5 Å². The first kappa shape index (κ1) is 25.2. The van der Waals surface area contributed by atoms with Crippen LogP contribution in [0.5, 0.6) is 11.5 Å². The summed E-state index contributed by atoms with van der Waals surface area (Å²) < 4.78 is 18.8. The lowest BCUT2D eigenvalue weighted by Gasteiger charge is -2.19. The molecule has 0 unspecified atom stereocenters. The SMILES string of the molecule is Cc1c(Cl)cccc1C1=C(c2ccc(O[C@H]3CCN(CCCF)C3)cc2)c2cc(O)ccc2SCC1. The number of hydrogen-bond donors (Lipinski definition) is 1. The molecule has 36 heavy (non-hydrogen) atoms. The molecular weight excluding hydrogens is 493 g/mol. The normalized spacial score (nSPS) is 18.2. The zero-order valence-electron chi connectivity index (χ0n) is 20.5. The summed E-state index contributed by atoms with van der Waals surface area (Å²) in [6.07, 6.45) is 2.57. The van der Waals surface area contributed by atoms with Crippen LogP contribution in [-0.2, 0) is 0 Å². The van der Waals surface area contributed by atoms with Crippen LogP contribution in [0.25, 0.3) is 11.1 Å². The number of fused-ring (bicyclic) bond motifs is 1. The molecule has 3 aromatic rings. The van der Waals surface area contributed by atoms with Crippen molar-refractivity contribution in [1.29, 1.82) is 0 Å². The van der Waals surface area contributed by atoms with Crippen molar-refractivity contribution >= 4 is 34.5 Å². The summed E-state index contributed by atoms with van der Waals surface area (Å²) in [5.41, 5.74) is 6.70. The Morgan fingerprint density at radius 1 is 1.11 bits per heavy atom. The summed E-state index contributed by atoms with van der Waals surface area (Å²) in [6.45, 7) is 4.39. The number of rotatable bonds is 7. The fraction of sp³-hybridized carbons (Fsp3) is 0.333. The summed E-state index contributed by atoms with van der Waals surface area (Å²) in [5, 5.41) is 11.1. The van der Waals surface area contributed by atoms with Crippen LogP contribution < -0.4 is 4.74 Å². The number of nitrogens with zero attached hydrogens (tertiary/aromatic N) is 1. The molecule has 0 aromatic heterocycles. The molecule has 1 atom stereocenters. The van der Waals surface area contributed by atoms with Crippen LogP contribution in [0, 0.1) is 6.92 Å². The number of phenolic OH excluding ortho intramolecular Hbond substituents is 1. The van der Waals surface area contributed by atoms with E-state index in [9.17, 15) is 9.50 Å². The van der Waals surface area contributed by atoms with E-state index in [-0.39, 0.29) is 18.5 Å². The largest absolute Gasteiger partial charge is 0.508 e. The second-order valence-electron chi connectivity index (χ2n) is 9.44. The van der Waals surface area contributed by atoms with Gasteiger partial charge >= 0.3 is 0 Å². The first-order chi connectivity index (χ1) is 17.5. The number of likely N-dealkylation sites (tertiary alicyclic amines) is 1. The number of phenols is 1. The number of hydrogen-bond acceptors (Lipinski definition) is 4. The lowest BCUT2D eigenvalue weighted by Crippen LogP contribution is -2.26. The molecule has 0 bridgehead atoms. The second-order valence-corrected chi connectivity index (χ2v) is 11.0. The fourth-order valence-corrected chi connectivity index (χ4v) is 6.38. The molecule has 188 valence electrons. The van der Waals surface area contributed by atoms with Gasteiger partial charge in [-0.05, 0) is 96.0 Å². The first-order valence-electron chi connectivity index (χ1n) is 12.5. The van der Waals surface area contributed by atoms with E-state index >= 15 is 0 Å². The molecule has 3 aromatic carbocycles. The maximum atomic E-state index is 12.5. The molecule has 0 amide bonds. The van der Waals surface area contributed by atoms with Gasteiger partial charge in [-0.25, -0.2) is 0 Å². The monoisotopic (exact) mass is 523 g/mol. The number of halogens is 2. The van der Waals surface area contributed by atoms with Gasteiger partial charge in [0.1, 0.15) is 17.6 Å². The fourth-order valence-electron chi connectivity index (χ4n) is 5.20. The van der Waals surface area contributed by atoms with E-state index in [1.807, 2.05) is 48.2 Å². The van der Waals surface area contributed by atoms with Crippen LogP contribution in [0.3, 0.4) is 0 Å². The van der Waals surface area contributed by atoms with E-state index in [4.69, 9.17) is 16.3 Å². The van der Waals surface area contributed by atoms with Crippen molar-refractivity contribution in [2.75, 3.05) is 32.1 Å². The molecule has 6 heteroatoms. The zero-order valence-corrected chi connectivity index (χ0v) is 22.0. The van der Waals surface area contributed by atoms with Gasteiger partial charge in [-0.2, -0.15) is 0 Å². The van der Waals surface area contributed by atoms with Gasteiger partial charge in [0.15, 0.2) is 0 Å². The Hall–Kier alpha value is -2.47. The van der Waals surface area contributed by atoms with Gasteiger partial charge in [0, 0.05) is 35.3 Å². The Bertz CT molecular complexity index is 1260. The summed E-state index contributed by atoms with van der Waals surface area (Å²) in [4.78, 5) is 3.44. The molecule has 0 aliphatic carbocycles. The van der Waals surface area contributed by atoms with Gasteiger partial charge in [-0.15, -0.1) is 11.8 Å². The molecule has 2 heterocycles. The van der Waals surface area contributed by atoms with Crippen LogP contribution >= 0.6 is 23.4 Å². The minimum Gasteiger partial charge on any atom is -0.508 e. The Morgan fingerprint density at radius 2 is 1.94 bits per heavy atom. The molecular formula is C30H31ClFNO2S. The molecule has 0 radical (unpaired) electrons. The third-order valence-corrected chi connectivity index (χ3v) is 8.50. The second kappa shape index (κ2) is 11.3. The number of aromatic hydroxyl groups is 1. The van der Waals surface area contributed by atoms with Gasteiger partial charge in [-0.1, -0.05) is 35.9 Å². The Morgan fingerprint density at radius 3 is 2.75 bits per heavy atom. The molecule has 1 fully saturated rings. The van der Waals surface area contributed by atoms with Crippen molar-refractivity contribution in [3.63, 3.8) is 0 Å². The number of allylic oxidation sites excluding steroid dienone is 1. The maximum absolute atomic E-state index is 12.5. The summed E-state index contributed by atoms with van der Waals surface area (Å²) >= 11 is 8.34. The Kier molecular flexibility index (Phi) is 7.90. The summed E-state index contributed by atoms with van der Waals surface area (Å²) in [5.74, 6) is 2.05. The molecule has 1 saturated heterocycles. The average Bonchev–Trinajstić information content (AvgIpc) is 3.24. The highest BCUT2D eigenvalue weighted by Gasteiger charge is 2.25. The minimum atomic E-state index is -0.268. The molecule has 2 aliphatic rings.